The maximum absolute atomic E-state index is 13.0. The first-order chi connectivity index (χ1) is 12.8. The molecule has 0 aromatic carbocycles. The van der Waals surface area contributed by atoms with Crippen LogP contribution in [0.25, 0.3) is 0 Å². The molecular formula is C19H22N4O2S. The zero-order valence-corrected chi connectivity index (χ0v) is 15.5. The average Bonchev–Trinajstić information content (AvgIpc) is 3.45. The molecule has 1 amide bonds. The Hall–Kier alpha value is -1.99. The number of hydrogen-bond acceptors (Lipinski definition) is 6. The number of amides is 1. The summed E-state index contributed by atoms with van der Waals surface area (Å²) in [5.41, 5.74) is 1.28. The largest absolute Gasteiger partial charge is 0.365 e. The monoisotopic (exact) mass is 370 g/mol. The summed E-state index contributed by atoms with van der Waals surface area (Å²) in [5, 5.41) is 2.12. The number of carbonyl (C=O) groups is 1. The quantitative estimate of drug-likeness (QED) is 0.829. The zero-order valence-electron chi connectivity index (χ0n) is 14.6. The number of nitrogens with zero attached hydrogens (tertiary/aromatic N) is 4. The number of fused-ring (bicyclic) bond motifs is 1. The summed E-state index contributed by atoms with van der Waals surface area (Å²) in [6, 6.07) is 4.07. The highest BCUT2D eigenvalue weighted by Crippen LogP contribution is 2.38. The highest BCUT2D eigenvalue weighted by atomic mass is 32.1. The van der Waals surface area contributed by atoms with E-state index in [1.165, 1.54) is 23.3 Å². The maximum atomic E-state index is 13.0. The molecule has 4 heterocycles. The predicted octanol–water partition coefficient (Wildman–Crippen LogP) is 2.21. The van der Waals surface area contributed by atoms with E-state index in [1.54, 1.807) is 11.3 Å². The highest BCUT2D eigenvalue weighted by Gasteiger charge is 2.33. The van der Waals surface area contributed by atoms with Crippen molar-refractivity contribution in [3.05, 3.63) is 40.0 Å². The Balaban J connectivity index is 1.28. The van der Waals surface area contributed by atoms with Crippen molar-refractivity contribution < 1.29 is 9.53 Å². The van der Waals surface area contributed by atoms with Crippen molar-refractivity contribution >= 4 is 23.1 Å². The number of aromatic nitrogens is 2. The lowest BCUT2D eigenvalue weighted by Crippen LogP contribution is -2.52. The molecule has 3 aliphatic rings. The van der Waals surface area contributed by atoms with Crippen LogP contribution < -0.4 is 4.90 Å². The summed E-state index contributed by atoms with van der Waals surface area (Å²) < 4.78 is 5.83. The first-order valence-corrected chi connectivity index (χ1v) is 10.2. The van der Waals surface area contributed by atoms with E-state index >= 15 is 0 Å². The van der Waals surface area contributed by atoms with Crippen LogP contribution in [0, 0.1) is 0 Å². The third kappa shape index (κ3) is 3.10. The molecule has 6 nitrogen and oxygen atoms in total. The molecule has 26 heavy (non-hydrogen) atoms. The lowest BCUT2D eigenvalue weighted by Gasteiger charge is -2.36. The fourth-order valence-electron chi connectivity index (χ4n) is 3.73. The summed E-state index contributed by atoms with van der Waals surface area (Å²) in [5.74, 6) is 2.49. The molecule has 0 spiro atoms. The van der Waals surface area contributed by atoms with Gasteiger partial charge in [0, 0.05) is 36.6 Å². The third-order valence-electron chi connectivity index (χ3n) is 5.39. The molecule has 0 bridgehead atoms. The van der Waals surface area contributed by atoms with Gasteiger partial charge in [-0.3, -0.25) is 4.79 Å². The van der Waals surface area contributed by atoms with Crippen LogP contribution in [-0.2, 0) is 22.5 Å². The summed E-state index contributed by atoms with van der Waals surface area (Å²) in [6.07, 6.45) is 4.75. The van der Waals surface area contributed by atoms with E-state index in [0.717, 1.165) is 31.2 Å². The second-order valence-corrected chi connectivity index (χ2v) is 8.23. The van der Waals surface area contributed by atoms with E-state index in [4.69, 9.17) is 9.72 Å². The molecule has 0 N–H and O–H groups in total. The van der Waals surface area contributed by atoms with Gasteiger partial charge in [0.25, 0.3) is 5.91 Å². The summed E-state index contributed by atoms with van der Waals surface area (Å²) in [6.45, 7) is 3.37. The Bertz CT molecular complexity index is 819. The first kappa shape index (κ1) is 16.2. The minimum atomic E-state index is -0.414. The van der Waals surface area contributed by atoms with E-state index in [9.17, 15) is 4.79 Å². The normalized spacial score (nSPS) is 23.0. The number of ether oxygens (including phenoxy) is 1. The van der Waals surface area contributed by atoms with Gasteiger partial charge in [-0.15, -0.1) is 11.3 Å². The number of morpholine rings is 1. The summed E-state index contributed by atoms with van der Waals surface area (Å²) in [7, 11) is 0. The van der Waals surface area contributed by atoms with Gasteiger partial charge >= 0.3 is 0 Å². The van der Waals surface area contributed by atoms with Crippen LogP contribution in [0.5, 0.6) is 0 Å². The topological polar surface area (TPSA) is 58.6 Å². The van der Waals surface area contributed by atoms with Crippen LogP contribution in [0.4, 0.5) is 5.82 Å². The molecule has 2 aromatic rings. The van der Waals surface area contributed by atoms with Crippen molar-refractivity contribution in [1.82, 2.24) is 14.9 Å². The minimum absolute atomic E-state index is 0.100. The van der Waals surface area contributed by atoms with Crippen molar-refractivity contribution in [1.29, 1.82) is 0 Å². The van der Waals surface area contributed by atoms with E-state index in [-0.39, 0.29) is 5.91 Å². The van der Waals surface area contributed by atoms with Gasteiger partial charge < -0.3 is 14.5 Å². The lowest BCUT2D eigenvalue weighted by atomic mass is 10.1. The smallest absolute Gasteiger partial charge is 0.253 e. The Morgan fingerprint density at radius 2 is 2.19 bits per heavy atom. The van der Waals surface area contributed by atoms with Crippen LogP contribution in [-0.4, -0.2) is 53.1 Å². The van der Waals surface area contributed by atoms with Crippen LogP contribution >= 0.6 is 11.3 Å². The molecule has 2 aliphatic heterocycles. The SMILES string of the molecule is O=C(C1CN(c2ccnc(C3CC3)n2)CCO1)N1CCc2sccc2C1. The fraction of sp³-hybridized carbons (Fsp3) is 0.526. The van der Waals surface area contributed by atoms with Crippen molar-refractivity contribution in [3.63, 3.8) is 0 Å². The van der Waals surface area contributed by atoms with E-state index < -0.39 is 6.10 Å². The minimum Gasteiger partial charge on any atom is -0.365 e. The zero-order chi connectivity index (χ0) is 17.5. The standard InChI is InChI=1S/C19H22N4O2S/c24-19(23-7-4-16-14(11-23)5-10-26-16)15-12-22(8-9-25-15)17-3-6-20-18(21-17)13-1-2-13/h3,5-6,10,13,15H,1-2,4,7-9,11-12H2. The molecule has 1 saturated heterocycles. The predicted molar refractivity (Wildman–Crippen MR) is 99.4 cm³/mol. The van der Waals surface area contributed by atoms with Crippen LogP contribution in [0.15, 0.2) is 23.7 Å². The van der Waals surface area contributed by atoms with Gasteiger partial charge in [0.15, 0.2) is 6.10 Å². The molecule has 1 aliphatic carbocycles. The van der Waals surface area contributed by atoms with E-state index in [0.29, 0.717) is 25.6 Å². The van der Waals surface area contributed by atoms with Crippen molar-refractivity contribution in [3.8, 4) is 0 Å². The van der Waals surface area contributed by atoms with Gasteiger partial charge in [-0.05, 0) is 42.3 Å². The van der Waals surface area contributed by atoms with Gasteiger partial charge in [-0.1, -0.05) is 0 Å². The second-order valence-electron chi connectivity index (χ2n) is 7.23. The Labute approximate surface area is 156 Å². The number of thiophene rings is 1. The summed E-state index contributed by atoms with van der Waals surface area (Å²) in [4.78, 5) is 27.6. The van der Waals surface area contributed by atoms with Crippen LogP contribution in [0.1, 0.15) is 35.0 Å². The molecule has 2 fully saturated rings. The molecule has 5 rings (SSSR count). The molecule has 136 valence electrons. The molecule has 1 unspecified atom stereocenters. The molecule has 2 aromatic heterocycles. The van der Waals surface area contributed by atoms with Gasteiger partial charge in [-0.25, -0.2) is 9.97 Å². The van der Waals surface area contributed by atoms with Gasteiger partial charge in [0.05, 0.1) is 13.2 Å². The van der Waals surface area contributed by atoms with Gasteiger partial charge in [0.1, 0.15) is 11.6 Å². The average molecular weight is 370 g/mol. The van der Waals surface area contributed by atoms with Crippen LogP contribution in [0.2, 0.25) is 0 Å². The third-order valence-corrected chi connectivity index (χ3v) is 6.41. The fourth-order valence-corrected chi connectivity index (χ4v) is 4.61. The maximum Gasteiger partial charge on any atom is 0.253 e. The number of anilines is 1. The second kappa shape index (κ2) is 6.63. The Morgan fingerprint density at radius 3 is 3.08 bits per heavy atom. The van der Waals surface area contributed by atoms with E-state index in [1.807, 2.05) is 17.2 Å². The Kier molecular flexibility index (Phi) is 4.13. The van der Waals surface area contributed by atoms with E-state index in [2.05, 4.69) is 21.3 Å². The number of carbonyl (C=O) groups excluding carboxylic acids is 1. The van der Waals surface area contributed by atoms with Gasteiger partial charge in [0.2, 0.25) is 0 Å². The van der Waals surface area contributed by atoms with Crippen LogP contribution in [0.3, 0.4) is 0 Å². The highest BCUT2D eigenvalue weighted by molar-refractivity contribution is 7.10. The summed E-state index contributed by atoms with van der Waals surface area (Å²) >= 11 is 1.79. The molecular weight excluding hydrogens is 348 g/mol. The molecule has 0 radical (unpaired) electrons. The van der Waals surface area contributed by atoms with Crippen molar-refractivity contribution in [2.24, 2.45) is 0 Å². The molecule has 1 saturated carbocycles. The Morgan fingerprint density at radius 1 is 1.27 bits per heavy atom. The lowest BCUT2D eigenvalue weighted by molar-refractivity contribution is -0.145. The number of rotatable bonds is 3. The van der Waals surface area contributed by atoms with Crippen molar-refractivity contribution in [2.75, 3.05) is 31.1 Å². The van der Waals surface area contributed by atoms with Gasteiger partial charge in [-0.2, -0.15) is 0 Å². The number of hydrogen-bond donors (Lipinski definition) is 0. The molecule has 7 heteroatoms. The van der Waals surface area contributed by atoms with Crippen molar-refractivity contribution in [2.45, 2.75) is 37.8 Å². The first-order valence-electron chi connectivity index (χ1n) is 9.31. The molecule has 1 atom stereocenters.